The van der Waals surface area contributed by atoms with Crippen LogP contribution >= 0.6 is 0 Å². The number of hydrogen-bond acceptors (Lipinski definition) is 5. The molecule has 210 valence electrons. The minimum absolute atomic E-state index is 0.147. The number of carbonyl (C=O) groups is 2. The van der Waals surface area contributed by atoms with Gasteiger partial charge >= 0.3 is 0 Å². The lowest BCUT2D eigenvalue weighted by Gasteiger charge is -2.44. The molecule has 0 spiro atoms. The molecule has 3 aromatic carbocycles. The van der Waals surface area contributed by atoms with E-state index >= 15 is 0 Å². The first kappa shape index (κ1) is 27.1. The first-order chi connectivity index (χ1) is 19.9. The maximum absolute atomic E-state index is 13.7. The second-order valence-electron chi connectivity index (χ2n) is 11.5. The van der Waals surface area contributed by atoms with Gasteiger partial charge in [0.15, 0.2) is 23.1 Å². The lowest BCUT2D eigenvalue weighted by molar-refractivity contribution is -0.117. The van der Waals surface area contributed by atoms with Crippen LogP contribution in [0.5, 0.6) is 11.5 Å². The van der Waals surface area contributed by atoms with Gasteiger partial charge < -0.3 is 14.4 Å². The van der Waals surface area contributed by atoms with Gasteiger partial charge in [-0.3, -0.25) is 9.59 Å². The number of methoxy groups -OCH3 is 1. The van der Waals surface area contributed by atoms with Crippen LogP contribution in [0.25, 0.3) is 0 Å². The second-order valence-corrected chi connectivity index (χ2v) is 11.5. The molecule has 0 saturated heterocycles. The number of Topliss-reactive ketones (excluding diaryl/α,β-unsaturated/α-hetero) is 2. The largest absolute Gasteiger partial charge is 0.493 e. The summed E-state index contributed by atoms with van der Waals surface area (Å²) in [5, 5.41) is 0. The summed E-state index contributed by atoms with van der Waals surface area (Å²) in [6.07, 6.45) is 4.37. The topological polar surface area (TPSA) is 55.8 Å². The summed E-state index contributed by atoms with van der Waals surface area (Å²) < 4.78 is 12.0. The van der Waals surface area contributed by atoms with Gasteiger partial charge in [0.05, 0.1) is 7.11 Å². The van der Waals surface area contributed by atoms with Crippen molar-refractivity contribution in [3.8, 4) is 11.5 Å². The molecule has 0 radical (unpaired) electrons. The van der Waals surface area contributed by atoms with E-state index in [2.05, 4.69) is 49.1 Å². The van der Waals surface area contributed by atoms with Crippen molar-refractivity contribution in [2.24, 2.45) is 0 Å². The van der Waals surface area contributed by atoms with Crippen LogP contribution in [0, 0.1) is 13.8 Å². The predicted octanol–water partition coefficient (Wildman–Crippen LogP) is 7.50. The smallest absolute Gasteiger partial charge is 0.161 e. The standard InChI is InChI=1S/C36H37NO4/c1-23-17-24(2)19-26(18-23)22-41-32-16-15-27(20-33(32)40-3)34-35-28(11-7-13-30(35)38)37(21-25-9-5-4-6-10-25)29-12-8-14-31(39)36(29)34/h4-6,9-10,15-20,34H,7-8,11-14,21-22H2,1-3H3. The van der Waals surface area contributed by atoms with E-state index in [0.717, 1.165) is 59.4 Å². The fourth-order valence-electron chi connectivity index (χ4n) is 6.80. The fourth-order valence-corrected chi connectivity index (χ4v) is 6.80. The van der Waals surface area contributed by atoms with Crippen molar-refractivity contribution < 1.29 is 19.1 Å². The van der Waals surface area contributed by atoms with E-state index in [1.807, 2.05) is 36.4 Å². The zero-order chi connectivity index (χ0) is 28.5. The zero-order valence-electron chi connectivity index (χ0n) is 24.2. The quantitative estimate of drug-likeness (QED) is 0.306. The van der Waals surface area contributed by atoms with Crippen LogP contribution < -0.4 is 9.47 Å². The molecule has 3 aromatic rings. The number of allylic oxidation sites excluding steroid dienone is 4. The van der Waals surface area contributed by atoms with E-state index in [-0.39, 0.29) is 17.5 Å². The Hall–Kier alpha value is -4.12. The monoisotopic (exact) mass is 547 g/mol. The van der Waals surface area contributed by atoms with E-state index in [4.69, 9.17) is 9.47 Å². The Kier molecular flexibility index (Phi) is 7.53. The number of ether oxygens (including phenoxy) is 2. The molecule has 41 heavy (non-hydrogen) atoms. The fraction of sp³-hybridized carbons (Fsp3) is 0.333. The van der Waals surface area contributed by atoms with Gasteiger partial charge in [-0.05, 0) is 68.4 Å². The highest BCUT2D eigenvalue weighted by Gasteiger charge is 2.43. The van der Waals surface area contributed by atoms with Gasteiger partial charge in [0.25, 0.3) is 0 Å². The summed E-state index contributed by atoms with van der Waals surface area (Å²) in [6, 6.07) is 22.6. The number of aryl methyl sites for hydroxylation is 2. The Balaban J connectivity index is 1.40. The SMILES string of the molecule is COc1cc(C2C3=C(CCCC3=O)N(Cc3ccccc3)C3=C2C(=O)CCC3)ccc1OCc1cc(C)cc(C)c1. The molecule has 0 fully saturated rings. The number of hydrogen-bond donors (Lipinski definition) is 0. The van der Waals surface area contributed by atoms with Crippen LogP contribution in [-0.4, -0.2) is 23.6 Å². The summed E-state index contributed by atoms with van der Waals surface area (Å²) in [6.45, 7) is 5.27. The Morgan fingerprint density at radius 3 is 1.98 bits per heavy atom. The number of ketones is 2. The van der Waals surface area contributed by atoms with Gasteiger partial charge in [0.1, 0.15) is 6.61 Å². The van der Waals surface area contributed by atoms with Crippen LogP contribution in [-0.2, 0) is 22.7 Å². The summed E-state index contributed by atoms with van der Waals surface area (Å²) in [5.74, 6) is 1.16. The molecule has 6 rings (SSSR count). The molecule has 0 saturated carbocycles. The van der Waals surface area contributed by atoms with E-state index in [1.54, 1.807) is 7.11 Å². The van der Waals surface area contributed by atoms with Crippen molar-refractivity contribution in [2.45, 2.75) is 71.4 Å². The van der Waals surface area contributed by atoms with Gasteiger partial charge in [-0.15, -0.1) is 0 Å². The normalized spacial score (nSPS) is 17.5. The zero-order valence-corrected chi connectivity index (χ0v) is 24.2. The van der Waals surface area contributed by atoms with E-state index in [0.29, 0.717) is 37.5 Å². The van der Waals surface area contributed by atoms with Crippen LogP contribution in [0.3, 0.4) is 0 Å². The highest BCUT2D eigenvalue weighted by Crippen LogP contribution is 2.50. The molecule has 3 aliphatic rings. The Morgan fingerprint density at radius 2 is 1.37 bits per heavy atom. The second kappa shape index (κ2) is 11.4. The van der Waals surface area contributed by atoms with Crippen LogP contribution in [0.2, 0.25) is 0 Å². The maximum atomic E-state index is 13.7. The lowest BCUT2D eigenvalue weighted by Crippen LogP contribution is -2.38. The molecule has 0 N–H and O–H groups in total. The highest BCUT2D eigenvalue weighted by molar-refractivity contribution is 6.06. The average Bonchev–Trinajstić information content (AvgIpc) is 2.97. The molecule has 1 heterocycles. The summed E-state index contributed by atoms with van der Waals surface area (Å²) in [4.78, 5) is 29.6. The molecule has 5 nitrogen and oxygen atoms in total. The van der Waals surface area contributed by atoms with Crippen molar-refractivity contribution in [1.29, 1.82) is 0 Å². The average molecular weight is 548 g/mol. The third-order valence-corrected chi connectivity index (χ3v) is 8.47. The van der Waals surface area contributed by atoms with Crippen molar-refractivity contribution >= 4 is 11.6 Å². The van der Waals surface area contributed by atoms with Crippen molar-refractivity contribution in [2.75, 3.05) is 7.11 Å². The summed E-state index contributed by atoms with van der Waals surface area (Å²) in [5.41, 5.74) is 9.32. The van der Waals surface area contributed by atoms with Gasteiger partial charge in [-0.2, -0.15) is 0 Å². The molecule has 2 aliphatic carbocycles. The minimum atomic E-state index is -0.380. The molecule has 0 amide bonds. The predicted molar refractivity (Wildman–Crippen MR) is 160 cm³/mol. The molecule has 0 bridgehead atoms. The third kappa shape index (κ3) is 5.33. The minimum Gasteiger partial charge on any atom is -0.493 e. The molecule has 0 atom stereocenters. The van der Waals surface area contributed by atoms with Gasteiger partial charge in [-0.1, -0.05) is 65.7 Å². The van der Waals surface area contributed by atoms with E-state index in [1.165, 1.54) is 16.7 Å². The Labute approximate surface area is 242 Å². The number of benzene rings is 3. The van der Waals surface area contributed by atoms with Crippen LogP contribution in [0.4, 0.5) is 0 Å². The summed E-state index contributed by atoms with van der Waals surface area (Å²) in [7, 11) is 1.64. The Bertz CT molecular complexity index is 1500. The number of nitrogens with zero attached hydrogens (tertiary/aromatic N) is 1. The molecule has 0 aromatic heterocycles. The van der Waals surface area contributed by atoms with Crippen LogP contribution in [0.1, 0.15) is 72.3 Å². The van der Waals surface area contributed by atoms with Crippen molar-refractivity contribution in [1.82, 2.24) is 4.90 Å². The van der Waals surface area contributed by atoms with Gasteiger partial charge in [0.2, 0.25) is 0 Å². The highest BCUT2D eigenvalue weighted by atomic mass is 16.5. The summed E-state index contributed by atoms with van der Waals surface area (Å²) >= 11 is 0. The molecule has 0 unspecified atom stereocenters. The Morgan fingerprint density at radius 1 is 0.732 bits per heavy atom. The third-order valence-electron chi connectivity index (χ3n) is 8.47. The first-order valence-electron chi connectivity index (χ1n) is 14.6. The van der Waals surface area contributed by atoms with Crippen molar-refractivity contribution in [3.05, 3.63) is 117 Å². The molecular weight excluding hydrogens is 510 g/mol. The van der Waals surface area contributed by atoms with E-state index in [9.17, 15) is 9.59 Å². The maximum Gasteiger partial charge on any atom is 0.161 e. The van der Waals surface area contributed by atoms with E-state index < -0.39 is 0 Å². The first-order valence-corrected chi connectivity index (χ1v) is 14.6. The molecular formula is C36H37NO4. The number of carbonyl (C=O) groups excluding carboxylic acids is 2. The van der Waals surface area contributed by atoms with Gasteiger partial charge in [0, 0.05) is 47.8 Å². The lowest BCUT2D eigenvalue weighted by atomic mass is 9.71. The van der Waals surface area contributed by atoms with Gasteiger partial charge in [-0.25, -0.2) is 0 Å². The van der Waals surface area contributed by atoms with Crippen LogP contribution in [0.15, 0.2) is 89.3 Å². The molecule has 5 heteroatoms. The number of rotatable bonds is 7. The molecule has 1 aliphatic heterocycles. The van der Waals surface area contributed by atoms with Crippen molar-refractivity contribution in [3.63, 3.8) is 0 Å².